The summed E-state index contributed by atoms with van der Waals surface area (Å²) in [5.74, 6) is -0.289. The summed E-state index contributed by atoms with van der Waals surface area (Å²) in [6.45, 7) is 3.97. The minimum Gasteiger partial charge on any atom is -0.350 e. The number of carbonyl (C=O) groups is 2. The van der Waals surface area contributed by atoms with Gasteiger partial charge in [-0.3, -0.25) is 9.59 Å². The molecule has 0 aliphatic rings. The molecule has 4 nitrogen and oxygen atoms in total. The van der Waals surface area contributed by atoms with Gasteiger partial charge < -0.3 is 10.6 Å². The zero-order chi connectivity index (χ0) is 15.9. The van der Waals surface area contributed by atoms with Gasteiger partial charge in [-0.2, -0.15) is 11.3 Å². The van der Waals surface area contributed by atoms with E-state index in [0.29, 0.717) is 17.7 Å². The maximum absolute atomic E-state index is 12.3. The van der Waals surface area contributed by atoms with E-state index in [4.69, 9.17) is 0 Å². The van der Waals surface area contributed by atoms with Crippen LogP contribution in [-0.2, 0) is 11.2 Å². The minimum atomic E-state index is -0.166. The molecule has 2 N–H and O–H groups in total. The number of para-hydroxylation sites is 1. The molecule has 22 heavy (non-hydrogen) atoms. The molecule has 0 aliphatic carbocycles. The standard InChI is InChI=1S/C17H20N2O2S/c1-3-12(2)18-17(21)14-6-4-5-7-15(14)19-16(20)10-13-8-9-22-11-13/h4-9,11-12H,3,10H2,1-2H3,(H,18,21)(H,19,20)/t12-/m0/s1. The molecule has 0 aliphatic heterocycles. The Morgan fingerprint density at radius 1 is 1.23 bits per heavy atom. The summed E-state index contributed by atoms with van der Waals surface area (Å²) >= 11 is 1.56. The van der Waals surface area contributed by atoms with Gasteiger partial charge in [-0.05, 0) is 47.9 Å². The lowest BCUT2D eigenvalue weighted by Crippen LogP contribution is -2.32. The predicted molar refractivity (Wildman–Crippen MR) is 90.3 cm³/mol. The molecule has 1 atom stereocenters. The van der Waals surface area contributed by atoms with E-state index in [-0.39, 0.29) is 17.9 Å². The molecule has 0 spiro atoms. The number of benzene rings is 1. The van der Waals surface area contributed by atoms with E-state index in [1.54, 1.807) is 35.6 Å². The van der Waals surface area contributed by atoms with Crippen molar-refractivity contribution in [1.82, 2.24) is 5.32 Å². The lowest BCUT2D eigenvalue weighted by atomic mass is 10.1. The Morgan fingerprint density at radius 2 is 2.00 bits per heavy atom. The van der Waals surface area contributed by atoms with Crippen molar-refractivity contribution in [3.8, 4) is 0 Å². The molecule has 0 radical (unpaired) electrons. The molecular formula is C17H20N2O2S. The Kier molecular flexibility index (Phi) is 5.72. The number of carbonyl (C=O) groups excluding carboxylic acids is 2. The molecule has 1 aromatic heterocycles. The smallest absolute Gasteiger partial charge is 0.253 e. The highest BCUT2D eigenvalue weighted by molar-refractivity contribution is 7.08. The molecular weight excluding hydrogens is 296 g/mol. The number of hydrogen-bond donors (Lipinski definition) is 2. The maximum atomic E-state index is 12.3. The average molecular weight is 316 g/mol. The highest BCUT2D eigenvalue weighted by Gasteiger charge is 2.14. The molecule has 2 rings (SSSR count). The molecule has 1 aromatic carbocycles. The van der Waals surface area contributed by atoms with Gasteiger partial charge in [0.05, 0.1) is 17.7 Å². The summed E-state index contributed by atoms with van der Waals surface area (Å²) in [7, 11) is 0. The minimum absolute atomic E-state index is 0.0991. The highest BCUT2D eigenvalue weighted by atomic mass is 32.1. The third kappa shape index (κ3) is 4.43. The number of rotatable bonds is 6. The first kappa shape index (κ1) is 16.2. The molecule has 5 heteroatoms. The van der Waals surface area contributed by atoms with E-state index in [0.717, 1.165) is 12.0 Å². The van der Waals surface area contributed by atoms with Gasteiger partial charge in [-0.1, -0.05) is 19.1 Å². The Hall–Kier alpha value is -2.14. The van der Waals surface area contributed by atoms with Crippen LogP contribution >= 0.6 is 11.3 Å². The fraction of sp³-hybridized carbons (Fsp3) is 0.294. The first-order valence-corrected chi connectivity index (χ1v) is 8.25. The number of thiophene rings is 1. The normalized spacial score (nSPS) is 11.7. The number of anilines is 1. The fourth-order valence-electron chi connectivity index (χ4n) is 1.97. The van der Waals surface area contributed by atoms with Gasteiger partial charge in [-0.15, -0.1) is 0 Å². The summed E-state index contributed by atoms with van der Waals surface area (Å²) in [5, 5.41) is 9.63. The Balaban J connectivity index is 2.07. The van der Waals surface area contributed by atoms with Crippen molar-refractivity contribution < 1.29 is 9.59 Å². The fourth-order valence-corrected chi connectivity index (χ4v) is 2.64. The zero-order valence-electron chi connectivity index (χ0n) is 12.8. The van der Waals surface area contributed by atoms with Crippen LogP contribution in [0.5, 0.6) is 0 Å². The average Bonchev–Trinajstić information content (AvgIpc) is 3.00. The van der Waals surface area contributed by atoms with Crippen molar-refractivity contribution in [2.45, 2.75) is 32.7 Å². The Morgan fingerprint density at radius 3 is 2.68 bits per heavy atom. The summed E-state index contributed by atoms with van der Waals surface area (Å²) in [6, 6.07) is 9.09. The van der Waals surface area contributed by atoms with Crippen molar-refractivity contribution in [3.63, 3.8) is 0 Å². The van der Waals surface area contributed by atoms with Gasteiger partial charge in [0, 0.05) is 6.04 Å². The zero-order valence-corrected chi connectivity index (χ0v) is 13.6. The van der Waals surface area contributed by atoms with E-state index >= 15 is 0 Å². The van der Waals surface area contributed by atoms with Crippen LogP contribution in [-0.4, -0.2) is 17.9 Å². The van der Waals surface area contributed by atoms with E-state index in [1.807, 2.05) is 30.7 Å². The highest BCUT2D eigenvalue weighted by Crippen LogP contribution is 2.16. The molecule has 1 heterocycles. The van der Waals surface area contributed by atoms with Crippen LogP contribution in [0.15, 0.2) is 41.1 Å². The lowest BCUT2D eigenvalue weighted by Gasteiger charge is -2.14. The van der Waals surface area contributed by atoms with Crippen molar-refractivity contribution in [1.29, 1.82) is 0 Å². The predicted octanol–water partition coefficient (Wildman–Crippen LogP) is 3.46. The van der Waals surface area contributed by atoms with E-state index in [1.165, 1.54) is 0 Å². The van der Waals surface area contributed by atoms with Crippen molar-refractivity contribution in [3.05, 3.63) is 52.2 Å². The topological polar surface area (TPSA) is 58.2 Å². The second-order valence-corrected chi connectivity index (χ2v) is 5.96. The SMILES string of the molecule is CC[C@H](C)NC(=O)c1ccccc1NC(=O)Cc1ccsc1. The number of amides is 2. The van der Waals surface area contributed by atoms with Gasteiger partial charge in [0.1, 0.15) is 0 Å². The third-order valence-electron chi connectivity index (χ3n) is 3.38. The van der Waals surface area contributed by atoms with Crippen molar-refractivity contribution >= 4 is 28.8 Å². The summed E-state index contributed by atoms with van der Waals surface area (Å²) < 4.78 is 0. The molecule has 2 amide bonds. The van der Waals surface area contributed by atoms with Gasteiger partial charge in [0.15, 0.2) is 0 Å². The third-order valence-corrected chi connectivity index (χ3v) is 4.11. The number of hydrogen-bond acceptors (Lipinski definition) is 3. The molecule has 0 saturated carbocycles. The second kappa shape index (κ2) is 7.75. The Labute approximate surface area is 134 Å². The molecule has 0 bridgehead atoms. The molecule has 116 valence electrons. The van der Waals surface area contributed by atoms with Crippen molar-refractivity contribution in [2.24, 2.45) is 0 Å². The molecule has 2 aromatic rings. The van der Waals surface area contributed by atoms with Crippen LogP contribution in [0.25, 0.3) is 0 Å². The van der Waals surface area contributed by atoms with E-state index in [9.17, 15) is 9.59 Å². The lowest BCUT2D eigenvalue weighted by molar-refractivity contribution is -0.115. The quantitative estimate of drug-likeness (QED) is 0.857. The van der Waals surface area contributed by atoms with Crippen LogP contribution in [0.4, 0.5) is 5.69 Å². The molecule has 0 fully saturated rings. The Bertz CT molecular complexity index is 638. The first-order valence-electron chi connectivity index (χ1n) is 7.31. The maximum Gasteiger partial charge on any atom is 0.253 e. The van der Waals surface area contributed by atoms with E-state index < -0.39 is 0 Å². The first-order chi connectivity index (χ1) is 10.6. The van der Waals surface area contributed by atoms with Crippen LogP contribution in [0.2, 0.25) is 0 Å². The van der Waals surface area contributed by atoms with Gasteiger partial charge in [0.25, 0.3) is 5.91 Å². The molecule has 0 unspecified atom stereocenters. The number of nitrogens with one attached hydrogen (secondary N) is 2. The monoisotopic (exact) mass is 316 g/mol. The van der Waals surface area contributed by atoms with E-state index in [2.05, 4.69) is 10.6 Å². The van der Waals surface area contributed by atoms with Crippen LogP contribution in [0.1, 0.15) is 36.2 Å². The van der Waals surface area contributed by atoms with Gasteiger partial charge in [0.2, 0.25) is 5.91 Å². The molecule has 0 saturated heterocycles. The van der Waals surface area contributed by atoms with Gasteiger partial charge >= 0.3 is 0 Å². The summed E-state index contributed by atoms with van der Waals surface area (Å²) in [4.78, 5) is 24.4. The summed E-state index contributed by atoms with van der Waals surface area (Å²) in [5.41, 5.74) is 2.01. The largest absolute Gasteiger partial charge is 0.350 e. The van der Waals surface area contributed by atoms with Crippen LogP contribution in [0, 0.1) is 0 Å². The summed E-state index contributed by atoms with van der Waals surface area (Å²) in [6.07, 6.45) is 1.17. The van der Waals surface area contributed by atoms with Crippen LogP contribution in [0.3, 0.4) is 0 Å². The van der Waals surface area contributed by atoms with Crippen molar-refractivity contribution in [2.75, 3.05) is 5.32 Å². The van der Waals surface area contributed by atoms with Gasteiger partial charge in [-0.25, -0.2) is 0 Å². The second-order valence-electron chi connectivity index (χ2n) is 5.18. The van der Waals surface area contributed by atoms with Crippen LogP contribution < -0.4 is 10.6 Å².